The summed E-state index contributed by atoms with van der Waals surface area (Å²) >= 11 is 0. The van der Waals surface area contributed by atoms with E-state index in [1.54, 1.807) is 0 Å². The van der Waals surface area contributed by atoms with E-state index in [-0.39, 0.29) is 5.82 Å². The predicted molar refractivity (Wildman–Crippen MR) is 123 cm³/mol. The maximum Gasteiger partial charge on any atom is 0.351 e. The minimum absolute atomic E-state index is 0.149. The van der Waals surface area contributed by atoms with Crippen LogP contribution in [-0.2, 0) is 32.7 Å². The molecule has 9 N–H and O–H groups in total. The number of carboxylic acids is 1. The van der Waals surface area contributed by atoms with Crippen molar-refractivity contribution in [3.8, 4) is 0 Å². The summed E-state index contributed by atoms with van der Waals surface area (Å²) in [7, 11) is -5.81. The van der Waals surface area contributed by atoms with Crippen molar-refractivity contribution < 1.29 is 73.3 Å². The average molecular weight is 612 g/mol. The lowest BCUT2D eigenvalue weighted by molar-refractivity contribution is -0.377. The first-order valence-electron chi connectivity index (χ1n) is 11.9. The van der Waals surface area contributed by atoms with Gasteiger partial charge in [-0.2, -0.15) is 4.98 Å². The molecule has 3 unspecified atom stereocenters. The number of nitrogens with two attached hydrogens (primary N) is 1. The van der Waals surface area contributed by atoms with Crippen LogP contribution in [0.4, 0.5) is 5.82 Å². The van der Waals surface area contributed by atoms with Gasteiger partial charge in [-0.15, -0.1) is 0 Å². The maximum atomic E-state index is 12.7. The Hall–Kier alpha value is -2.59. The first kappa shape index (κ1) is 32.9. The van der Waals surface area contributed by atoms with E-state index in [1.807, 2.05) is 0 Å². The molecule has 41 heavy (non-hydrogen) atoms. The highest BCUT2D eigenvalue weighted by Gasteiger charge is 2.54. The third-order valence-electron chi connectivity index (χ3n) is 6.29. The normalized spacial score (nSPS) is 34.9. The highest BCUT2D eigenvalue weighted by molar-refractivity contribution is 7.45. The molecular weight excluding hydrogens is 583 g/mol. The fourth-order valence-corrected chi connectivity index (χ4v) is 5.24. The zero-order valence-corrected chi connectivity index (χ0v) is 22.1. The summed E-state index contributed by atoms with van der Waals surface area (Å²) in [6.45, 7) is -1.18. The monoisotopic (exact) mass is 612 g/mol. The van der Waals surface area contributed by atoms with Crippen molar-refractivity contribution in [1.82, 2.24) is 14.9 Å². The summed E-state index contributed by atoms with van der Waals surface area (Å²) in [5, 5.41) is 74.7. The quantitative estimate of drug-likeness (QED) is 0.108. The average Bonchev–Trinajstić information content (AvgIpc) is 3.16. The molecule has 232 valence electrons. The second kappa shape index (κ2) is 12.7. The van der Waals surface area contributed by atoms with Gasteiger partial charge in [0.15, 0.2) is 6.23 Å². The third kappa shape index (κ3) is 7.25. The molecule has 21 heteroatoms. The highest BCUT2D eigenvalue weighted by atomic mass is 31.2. The van der Waals surface area contributed by atoms with Crippen molar-refractivity contribution in [2.75, 3.05) is 18.9 Å². The van der Waals surface area contributed by atoms with Crippen LogP contribution in [-0.4, -0.2) is 120 Å². The van der Waals surface area contributed by atoms with Crippen molar-refractivity contribution in [3.63, 3.8) is 0 Å². The van der Waals surface area contributed by atoms with Crippen LogP contribution in [0, 0.1) is 0 Å². The molecule has 2 saturated heterocycles. The SMILES string of the molecule is CC(=O)N[C@H]1C([C@H](O)[C@H](O)CO)O[C@](OP(=O)([O-])OC[C@H]2OC(n3ccc(N)nc3=O)[C@@H](O)[C@H]2O)(C(=O)[O-])C[C@H]1O. The predicted octanol–water partition coefficient (Wildman–Crippen LogP) is -7.24. The van der Waals surface area contributed by atoms with E-state index in [0.717, 1.165) is 17.7 Å². The fourth-order valence-electron chi connectivity index (χ4n) is 4.30. The molecule has 1 amide bonds. The van der Waals surface area contributed by atoms with E-state index in [2.05, 4.69) is 19.3 Å². The van der Waals surface area contributed by atoms with Crippen molar-refractivity contribution in [1.29, 1.82) is 0 Å². The van der Waals surface area contributed by atoms with Crippen LogP contribution in [0.25, 0.3) is 0 Å². The van der Waals surface area contributed by atoms with Gasteiger partial charge in [-0.3, -0.25) is 18.5 Å². The van der Waals surface area contributed by atoms with Gasteiger partial charge < -0.3 is 70.5 Å². The number of amides is 1. The van der Waals surface area contributed by atoms with E-state index >= 15 is 0 Å². The number of phosphoric ester groups is 1. The Bertz CT molecular complexity index is 1220. The number of hydrogen-bond donors (Lipinski definition) is 8. The molecule has 11 atom stereocenters. The second-order valence-corrected chi connectivity index (χ2v) is 10.6. The number of anilines is 1. The summed E-state index contributed by atoms with van der Waals surface area (Å²) in [5.41, 5.74) is 4.43. The number of nitrogens with one attached hydrogen (secondary N) is 1. The van der Waals surface area contributed by atoms with Crippen molar-refractivity contribution in [3.05, 3.63) is 22.7 Å². The van der Waals surface area contributed by atoms with Crippen LogP contribution in [0.5, 0.6) is 0 Å². The van der Waals surface area contributed by atoms with Gasteiger partial charge >= 0.3 is 5.69 Å². The number of nitrogen functional groups attached to an aromatic ring is 1. The Morgan fingerprint density at radius 3 is 2.56 bits per heavy atom. The van der Waals surface area contributed by atoms with Crippen molar-refractivity contribution in [2.24, 2.45) is 0 Å². The number of carboxylic acid groups (broad SMARTS) is 1. The van der Waals surface area contributed by atoms with Gasteiger partial charge in [-0.1, -0.05) is 0 Å². The topological polar surface area (TPSA) is 329 Å². The van der Waals surface area contributed by atoms with Gasteiger partial charge in [-0.05, 0) is 6.07 Å². The smallest absolute Gasteiger partial charge is 0.351 e. The molecule has 0 radical (unpaired) electrons. The molecule has 0 bridgehead atoms. The van der Waals surface area contributed by atoms with Gasteiger partial charge in [-0.25, -0.2) is 4.79 Å². The number of carbonyl (C=O) groups is 2. The number of rotatable bonds is 11. The van der Waals surface area contributed by atoms with Gasteiger partial charge in [0.25, 0.3) is 7.82 Å². The van der Waals surface area contributed by atoms with Crippen molar-refractivity contribution in [2.45, 2.75) is 74.1 Å². The lowest BCUT2D eigenvalue weighted by Gasteiger charge is -2.50. The van der Waals surface area contributed by atoms with Crippen LogP contribution < -0.4 is 26.7 Å². The van der Waals surface area contributed by atoms with E-state index in [0.29, 0.717) is 0 Å². The first-order chi connectivity index (χ1) is 19.0. The van der Waals surface area contributed by atoms with E-state index in [9.17, 15) is 54.5 Å². The van der Waals surface area contributed by atoms with Gasteiger partial charge in [0.05, 0.1) is 25.4 Å². The summed E-state index contributed by atoms with van der Waals surface area (Å²) in [6.07, 6.45) is -15.1. The van der Waals surface area contributed by atoms with Crippen LogP contribution in [0.15, 0.2) is 17.1 Å². The van der Waals surface area contributed by atoms with E-state index < -0.39 is 106 Å². The summed E-state index contributed by atoms with van der Waals surface area (Å²) in [4.78, 5) is 51.8. The van der Waals surface area contributed by atoms with Crippen LogP contribution in [0.1, 0.15) is 19.6 Å². The Labute approximate surface area is 230 Å². The summed E-state index contributed by atoms with van der Waals surface area (Å²) < 4.78 is 33.1. The Morgan fingerprint density at radius 1 is 1.34 bits per heavy atom. The van der Waals surface area contributed by atoms with Gasteiger partial charge in [0.1, 0.15) is 48.4 Å². The third-order valence-corrected chi connectivity index (χ3v) is 7.27. The number of aliphatic carboxylic acids is 1. The molecule has 3 rings (SSSR count). The first-order valence-corrected chi connectivity index (χ1v) is 13.3. The number of hydrogen-bond acceptors (Lipinski definition) is 18. The van der Waals surface area contributed by atoms with Crippen molar-refractivity contribution >= 4 is 25.5 Å². The highest BCUT2D eigenvalue weighted by Crippen LogP contribution is 2.48. The molecule has 2 aliphatic rings. The number of aromatic nitrogens is 2. The zero-order valence-electron chi connectivity index (χ0n) is 21.2. The number of ether oxygens (including phenoxy) is 2. The molecule has 2 fully saturated rings. The molecule has 1 aromatic rings. The number of aliphatic hydroxyl groups is 6. The second-order valence-electron chi connectivity index (χ2n) is 9.28. The number of nitrogens with zero attached hydrogens (tertiary/aromatic N) is 2. The number of aliphatic hydroxyl groups excluding tert-OH is 6. The van der Waals surface area contributed by atoms with Gasteiger partial charge in [0.2, 0.25) is 11.7 Å². The number of carbonyl (C=O) groups excluding carboxylic acids is 2. The molecule has 2 aliphatic heterocycles. The van der Waals surface area contributed by atoms with Gasteiger partial charge in [0, 0.05) is 19.5 Å². The molecule has 1 aromatic heterocycles. The molecule has 0 aromatic carbocycles. The largest absolute Gasteiger partial charge is 0.756 e. The Balaban J connectivity index is 1.79. The summed E-state index contributed by atoms with van der Waals surface area (Å²) in [5.74, 6) is -6.70. The standard InChI is InChI=1S/C20H31N4O16P/c1-7(26)22-12-8(27)4-20(18(32)33,39-16(12)13(29)9(28)5-25)40-41(35,36)37-6-10-14(30)15(31)17(38-10)24-3-2-11(21)23-19(24)34/h2-3,8-10,12-17,25,27-31H,4-6H2,1H3,(H,22,26)(H,32,33)(H,35,36)(H2,21,23,34)/p-2/t8-,9-,10-,12-,13-,14+,15+,16?,17?,20-/m1/s1. The van der Waals surface area contributed by atoms with Crippen LogP contribution in [0.3, 0.4) is 0 Å². The lowest BCUT2D eigenvalue weighted by atomic mass is 9.88. The summed E-state index contributed by atoms with van der Waals surface area (Å²) in [6, 6.07) is -0.426. The lowest BCUT2D eigenvalue weighted by Crippen LogP contribution is -2.69. The minimum atomic E-state index is -5.81. The molecule has 0 saturated carbocycles. The molecular formula is C20H29N4O16P-2. The Kier molecular flexibility index (Phi) is 10.2. The fraction of sp³-hybridized carbons (Fsp3) is 0.700. The van der Waals surface area contributed by atoms with E-state index in [4.69, 9.17) is 20.3 Å². The molecule has 0 spiro atoms. The van der Waals surface area contributed by atoms with Crippen LogP contribution >= 0.6 is 7.82 Å². The Morgan fingerprint density at radius 2 is 2.00 bits per heavy atom. The number of phosphoric acid groups is 1. The maximum absolute atomic E-state index is 12.7. The van der Waals surface area contributed by atoms with E-state index in [1.165, 1.54) is 6.07 Å². The molecule has 3 heterocycles. The molecule has 0 aliphatic carbocycles. The van der Waals surface area contributed by atoms with Crippen LogP contribution in [0.2, 0.25) is 0 Å². The molecule has 20 nitrogen and oxygen atoms in total. The minimum Gasteiger partial charge on any atom is -0.756 e. The zero-order chi connectivity index (χ0) is 30.9.